The standard InChI is InChI=1S/C19H26N4O4/c24-17(21-16(18(25)26)13-14-3-7-20-8-4-14)15-5-11-23(12-6-15)19(27)22-9-1-2-10-22/h3-4,7-8,15-16H,1-2,5-6,9-13H2,(H,21,24)(H,25,26). The van der Waals surface area contributed by atoms with Crippen molar-refractivity contribution in [2.75, 3.05) is 26.2 Å². The summed E-state index contributed by atoms with van der Waals surface area (Å²) in [5.74, 6) is -1.56. The van der Waals surface area contributed by atoms with Crippen LogP contribution in [0.5, 0.6) is 0 Å². The van der Waals surface area contributed by atoms with E-state index in [1.807, 2.05) is 4.90 Å². The zero-order valence-electron chi connectivity index (χ0n) is 15.3. The lowest BCUT2D eigenvalue weighted by molar-refractivity contribution is -0.142. The van der Waals surface area contributed by atoms with Crippen LogP contribution in [0.25, 0.3) is 0 Å². The second-order valence-electron chi connectivity index (χ2n) is 7.20. The Balaban J connectivity index is 1.50. The molecule has 1 aromatic heterocycles. The van der Waals surface area contributed by atoms with Gasteiger partial charge in [0.15, 0.2) is 0 Å². The molecular formula is C19H26N4O4. The third-order valence-electron chi connectivity index (χ3n) is 5.32. The predicted octanol–water partition coefficient (Wildman–Crippen LogP) is 1.12. The Morgan fingerprint density at radius 2 is 1.67 bits per heavy atom. The van der Waals surface area contributed by atoms with Gasteiger partial charge in [0.1, 0.15) is 6.04 Å². The molecule has 0 spiro atoms. The van der Waals surface area contributed by atoms with Gasteiger partial charge >= 0.3 is 12.0 Å². The van der Waals surface area contributed by atoms with Gasteiger partial charge in [-0.05, 0) is 43.4 Å². The van der Waals surface area contributed by atoms with Crippen LogP contribution in [-0.2, 0) is 16.0 Å². The number of likely N-dealkylation sites (tertiary alicyclic amines) is 2. The number of amides is 3. The van der Waals surface area contributed by atoms with E-state index in [1.165, 1.54) is 0 Å². The summed E-state index contributed by atoms with van der Waals surface area (Å²) in [5, 5.41) is 12.1. The summed E-state index contributed by atoms with van der Waals surface area (Å²) in [4.78, 5) is 44.1. The van der Waals surface area contributed by atoms with Gasteiger partial charge in [0.2, 0.25) is 5.91 Å². The number of aromatic nitrogens is 1. The molecule has 1 atom stereocenters. The molecule has 2 aliphatic heterocycles. The summed E-state index contributed by atoms with van der Waals surface area (Å²) in [6, 6.07) is 2.58. The fourth-order valence-corrected chi connectivity index (χ4v) is 3.69. The van der Waals surface area contributed by atoms with E-state index in [9.17, 15) is 19.5 Å². The summed E-state index contributed by atoms with van der Waals surface area (Å²) in [5.41, 5.74) is 0.809. The second-order valence-corrected chi connectivity index (χ2v) is 7.20. The molecule has 2 N–H and O–H groups in total. The fraction of sp³-hybridized carbons (Fsp3) is 0.579. The van der Waals surface area contributed by atoms with E-state index >= 15 is 0 Å². The zero-order valence-corrected chi connectivity index (χ0v) is 15.3. The van der Waals surface area contributed by atoms with Crippen LogP contribution in [-0.4, -0.2) is 70.0 Å². The number of rotatable bonds is 5. The van der Waals surface area contributed by atoms with Gasteiger partial charge in [0.05, 0.1) is 0 Å². The maximum Gasteiger partial charge on any atom is 0.326 e. The van der Waals surface area contributed by atoms with Crippen LogP contribution in [0.15, 0.2) is 24.5 Å². The fourth-order valence-electron chi connectivity index (χ4n) is 3.69. The third-order valence-corrected chi connectivity index (χ3v) is 5.32. The lowest BCUT2D eigenvalue weighted by atomic mass is 9.95. The molecule has 0 bridgehead atoms. The van der Waals surface area contributed by atoms with Gasteiger partial charge in [-0.3, -0.25) is 9.78 Å². The minimum absolute atomic E-state index is 0.0625. The Morgan fingerprint density at radius 1 is 1.07 bits per heavy atom. The van der Waals surface area contributed by atoms with Crippen LogP contribution in [0.3, 0.4) is 0 Å². The van der Waals surface area contributed by atoms with Gasteiger partial charge in [0.25, 0.3) is 0 Å². The molecule has 2 aliphatic rings. The molecular weight excluding hydrogens is 348 g/mol. The first-order valence-electron chi connectivity index (χ1n) is 9.50. The lowest BCUT2D eigenvalue weighted by Gasteiger charge is -2.34. The van der Waals surface area contributed by atoms with Crippen LogP contribution in [0, 0.1) is 5.92 Å². The first-order chi connectivity index (χ1) is 13.0. The van der Waals surface area contributed by atoms with Crippen molar-refractivity contribution >= 4 is 17.9 Å². The number of nitrogens with one attached hydrogen (secondary N) is 1. The highest BCUT2D eigenvalue weighted by atomic mass is 16.4. The number of hydrogen-bond acceptors (Lipinski definition) is 4. The van der Waals surface area contributed by atoms with E-state index < -0.39 is 12.0 Å². The molecule has 2 saturated heterocycles. The smallest absolute Gasteiger partial charge is 0.326 e. The van der Waals surface area contributed by atoms with Crippen molar-refractivity contribution in [2.24, 2.45) is 5.92 Å². The highest BCUT2D eigenvalue weighted by Gasteiger charge is 2.32. The molecule has 8 nitrogen and oxygen atoms in total. The van der Waals surface area contributed by atoms with E-state index in [1.54, 1.807) is 29.4 Å². The van der Waals surface area contributed by atoms with E-state index in [4.69, 9.17) is 0 Å². The molecule has 1 unspecified atom stereocenters. The maximum absolute atomic E-state index is 12.5. The summed E-state index contributed by atoms with van der Waals surface area (Å²) >= 11 is 0. The number of urea groups is 1. The van der Waals surface area contributed by atoms with Crippen molar-refractivity contribution < 1.29 is 19.5 Å². The van der Waals surface area contributed by atoms with Gasteiger partial charge in [-0.25, -0.2) is 9.59 Å². The van der Waals surface area contributed by atoms with Gasteiger partial charge in [-0.1, -0.05) is 0 Å². The number of carbonyl (C=O) groups excluding carboxylic acids is 2. The maximum atomic E-state index is 12.5. The Hall–Kier alpha value is -2.64. The predicted molar refractivity (Wildman–Crippen MR) is 98.0 cm³/mol. The molecule has 8 heteroatoms. The summed E-state index contributed by atoms with van der Waals surface area (Å²) in [6.07, 6.45) is 6.65. The summed E-state index contributed by atoms with van der Waals surface area (Å²) in [7, 11) is 0. The average Bonchev–Trinajstić information content (AvgIpc) is 3.22. The lowest BCUT2D eigenvalue weighted by Crippen LogP contribution is -2.50. The monoisotopic (exact) mass is 374 g/mol. The van der Waals surface area contributed by atoms with Crippen molar-refractivity contribution in [3.63, 3.8) is 0 Å². The Morgan fingerprint density at radius 3 is 2.26 bits per heavy atom. The van der Waals surface area contributed by atoms with Gasteiger partial charge in [-0.2, -0.15) is 0 Å². The molecule has 146 valence electrons. The average molecular weight is 374 g/mol. The molecule has 0 radical (unpaired) electrons. The number of carboxylic acids is 1. The second kappa shape index (κ2) is 8.83. The zero-order chi connectivity index (χ0) is 19.2. The molecule has 2 fully saturated rings. The normalized spacial score (nSPS) is 19.0. The van der Waals surface area contributed by atoms with Crippen molar-refractivity contribution in [3.8, 4) is 0 Å². The molecule has 0 aromatic carbocycles. The van der Waals surface area contributed by atoms with E-state index in [0.717, 1.165) is 31.5 Å². The highest BCUT2D eigenvalue weighted by Crippen LogP contribution is 2.20. The number of aliphatic carboxylic acids is 1. The number of nitrogens with zero attached hydrogens (tertiary/aromatic N) is 3. The number of carbonyl (C=O) groups is 3. The largest absolute Gasteiger partial charge is 0.480 e. The minimum Gasteiger partial charge on any atom is -0.480 e. The molecule has 0 saturated carbocycles. The molecule has 3 amide bonds. The molecule has 1 aromatic rings. The van der Waals surface area contributed by atoms with Crippen LogP contribution in [0.4, 0.5) is 4.79 Å². The molecule has 3 heterocycles. The van der Waals surface area contributed by atoms with Gasteiger partial charge < -0.3 is 20.2 Å². The Bertz CT molecular complexity index is 668. The van der Waals surface area contributed by atoms with E-state index in [0.29, 0.717) is 25.9 Å². The van der Waals surface area contributed by atoms with Crippen LogP contribution in [0.2, 0.25) is 0 Å². The van der Waals surface area contributed by atoms with Crippen LogP contribution >= 0.6 is 0 Å². The molecule has 0 aliphatic carbocycles. The topological polar surface area (TPSA) is 103 Å². The van der Waals surface area contributed by atoms with E-state index in [-0.39, 0.29) is 24.3 Å². The quantitative estimate of drug-likeness (QED) is 0.804. The number of carboxylic acid groups (broad SMARTS) is 1. The van der Waals surface area contributed by atoms with Crippen LogP contribution in [0.1, 0.15) is 31.2 Å². The number of hydrogen-bond donors (Lipinski definition) is 2. The van der Waals surface area contributed by atoms with Crippen molar-refractivity contribution in [1.29, 1.82) is 0 Å². The minimum atomic E-state index is -1.05. The Labute approximate surface area is 158 Å². The first-order valence-corrected chi connectivity index (χ1v) is 9.50. The van der Waals surface area contributed by atoms with E-state index in [2.05, 4.69) is 10.3 Å². The summed E-state index contributed by atoms with van der Waals surface area (Å²) in [6.45, 7) is 2.70. The summed E-state index contributed by atoms with van der Waals surface area (Å²) < 4.78 is 0. The van der Waals surface area contributed by atoms with Crippen molar-refractivity contribution in [3.05, 3.63) is 30.1 Å². The molecule has 27 heavy (non-hydrogen) atoms. The number of piperidine rings is 1. The third kappa shape index (κ3) is 4.96. The Kier molecular flexibility index (Phi) is 6.26. The highest BCUT2D eigenvalue weighted by molar-refractivity contribution is 5.85. The van der Waals surface area contributed by atoms with Gasteiger partial charge in [0, 0.05) is 50.9 Å². The van der Waals surface area contributed by atoms with Gasteiger partial charge in [-0.15, -0.1) is 0 Å². The SMILES string of the molecule is O=C(NC(Cc1ccncc1)C(=O)O)C1CCN(C(=O)N2CCCC2)CC1. The number of pyridine rings is 1. The van der Waals surface area contributed by atoms with Crippen molar-refractivity contribution in [2.45, 2.75) is 38.1 Å². The molecule has 3 rings (SSSR count). The first kappa shape index (κ1) is 19.1. The van der Waals surface area contributed by atoms with Crippen LogP contribution < -0.4 is 5.32 Å². The van der Waals surface area contributed by atoms with Crippen molar-refractivity contribution in [1.82, 2.24) is 20.1 Å².